The zero-order chi connectivity index (χ0) is 15.7. The van der Waals surface area contributed by atoms with Gasteiger partial charge in [-0.3, -0.25) is 9.69 Å². The summed E-state index contributed by atoms with van der Waals surface area (Å²) < 4.78 is 6.03. The lowest BCUT2D eigenvalue weighted by molar-refractivity contribution is -0.133. The number of fused-ring (bicyclic) bond motifs is 1. The molecule has 1 aromatic rings. The predicted octanol–water partition coefficient (Wildman–Crippen LogP) is 1.96. The maximum atomic E-state index is 12.1. The number of aryl methyl sites for hydroxylation is 1. The number of carbonyl (C=O) groups excluding carboxylic acids is 1. The maximum Gasteiger partial charge on any atom is 0.249 e. The van der Waals surface area contributed by atoms with Crippen LogP contribution in [0.15, 0.2) is 5.38 Å². The molecule has 1 aromatic heterocycles. The van der Waals surface area contributed by atoms with Crippen LogP contribution in [0.5, 0.6) is 0 Å². The predicted molar refractivity (Wildman–Crippen MR) is 86.8 cm³/mol. The van der Waals surface area contributed by atoms with E-state index in [1.54, 1.807) is 11.3 Å². The third kappa shape index (κ3) is 3.67. The van der Waals surface area contributed by atoms with Crippen LogP contribution in [0.4, 0.5) is 0 Å². The summed E-state index contributed by atoms with van der Waals surface area (Å²) in [7, 11) is 0. The lowest BCUT2D eigenvalue weighted by atomic mass is 9.91. The molecule has 22 heavy (non-hydrogen) atoms. The molecule has 1 amide bonds. The number of hydrogen-bond acceptors (Lipinski definition) is 5. The molecule has 2 fully saturated rings. The Morgan fingerprint density at radius 2 is 2.41 bits per heavy atom. The van der Waals surface area contributed by atoms with Crippen molar-refractivity contribution in [3.63, 3.8) is 0 Å². The molecule has 0 radical (unpaired) electrons. The fourth-order valence-corrected chi connectivity index (χ4v) is 4.00. The average Bonchev–Trinajstić information content (AvgIpc) is 3.04. The first-order valence-corrected chi connectivity index (χ1v) is 8.98. The minimum atomic E-state index is -0.265. The Morgan fingerprint density at radius 1 is 1.59 bits per heavy atom. The van der Waals surface area contributed by atoms with Crippen molar-refractivity contribution in [1.29, 1.82) is 0 Å². The van der Waals surface area contributed by atoms with Crippen molar-refractivity contribution in [2.45, 2.75) is 58.4 Å². The smallest absolute Gasteiger partial charge is 0.249 e. The second kappa shape index (κ2) is 6.64. The second-order valence-electron chi connectivity index (χ2n) is 6.70. The molecule has 122 valence electrons. The minimum absolute atomic E-state index is 0.0473. The molecule has 2 aliphatic heterocycles. The van der Waals surface area contributed by atoms with Crippen LogP contribution in [0.1, 0.15) is 37.4 Å². The van der Waals surface area contributed by atoms with E-state index in [0.29, 0.717) is 5.92 Å². The van der Waals surface area contributed by atoms with Crippen molar-refractivity contribution in [1.82, 2.24) is 15.2 Å². The number of rotatable bonds is 4. The van der Waals surface area contributed by atoms with E-state index >= 15 is 0 Å². The summed E-state index contributed by atoms with van der Waals surface area (Å²) in [4.78, 5) is 19.1. The highest BCUT2D eigenvalue weighted by Crippen LogP contribution is 2.33. The summed E-state index contributed by atoms with van der Waals surface area (Å²) >= 11 is 1.70. The maximum absolute atomic E-state index is 12.1. The number of likely N-dealkylation sites (tertiary alicyclic amines) is 1. The number of carbonyl (C=O) groups is 1. The van der Waals surface area contributed by atoms with Crippen molar-refractivity contribution in [3.8, 4) is 0 Å². The van der Waals surface area contributed by atoms with Gasteiger partial charge in [-0.05, 0) is 46.1 Å². The zero-order valence-electron chi connectivity index (χ0n) is 13.5. The Balaban J connectivity index is 1.54. The Bertz CT molecular complexity index is 531. The van der Waals surface area contributed by atoms with Gasteiger partial charge >= 0.3 is 0 Å². The molecule has 2 aliphatic rings. The molecule has 0 unspecified atom stereocenters. The third-order valence-electron chi connectivity index (χ3n) is 4.41. The molecule has 0 aromatic carbocycles. The topological polar surface area (TPSA) is 54.5 Å². The molecule has 0 spiro atoms. The van der Waals surface area contributed by atoms with Gasteiger partial charge in [0.05, 0.1) is 16.8 Å². The number of ether oxygens (including phenoxy) is 1. The number of nitrogens with zero attached hydrogens (tertiary/aromatic N) is 2. The largest absolute Gasteiger partial charge is 0.364 e. The van der Waals surface area contributed by atoms with Crippen molar-refractivity contribution in [2.75, 3.05) is 13.1 Å². The Hall–Kier alpha value is -0.980. The fraction of sp³-hybridized carbons (Fsp3) is 0.750. The van der Waals surface area contributed by atoms with Crippen molar-refractivity contribution in [2.24, 2.45) is 5.92 Å². The van der Waals surface area contributed by atoms with E-state index in [-0.39, 0.29) is 24.2 Å². The highest BCUT2D eigenvalue weighted by Gasteiger charge is 2.41. The molecule has 3 rings (SSSR count). The molecule has 0 aliphatic carbocycles. The first kappa shape index (κ1) is 15.9. The SMILES string of the molecule is Cc1nc(CN2CC[C@@H]3C[C@H](C(=O)NC(C)C)O[C@@H]3C2)cs1. The molecule has 0 bridgehead atoms. The third-order valence-corrected chi connectivity index (χ3v) is 5.23. The molecular weight excluding hydrogens is 298 g/mol. The summed E-state index contributed by atoms with van der Waals surface area (Å²) in [5, 5.41) is 6.21. The molecule has 0 saturated carbocycles. The van der Waals surface area contributed by atoms with Gasteiger partial charge in [-0.2, -0.15) is 0 Å². The number of thiazole rings is 1. The fourth-order valence-electron chi connectivity index (χ4n) is 3.39. The first-order valence-electron chi connectivity index (χ1n) is 8.10. The van der Waals surface area contributed by atoms with Gasteiger partial charge in [-0.1, -0.05) is 0 Å². The molecule has 3 atom stereocenters. The van der Waals surface area contributed by atoms with E-state index in [4.69, 9.17) is 4.74 Å². The summed E-state index contributed by atoms with van der Waals surface area (Å²) in [5.74, 6) is 0.572. The van der Waals surface area contributed by atoms with Crippen LogP contribution < -0.4 is 5.32 Å². The summed E-state index contributed by atoms with van der Waals surface area (Å²) in [6.07, 6.45) is 1.90. The van der Waals surface area contributed by atoms with Gasteiger partial charge in [0.15, 0.2) is 0 Å². The van der Waals surface area contributed by atoms with Gasteiger partial charge in [-0.15, -0.1) is 11.3 Å². The van der Waals surface area contributed by atoms with Crippen LogP contribution in [0.2, 0.25) is 0 Å². The lowest BCUT2D eigenvalue weighted by Crippen LogP contribution is -2.42. The van der Waals surface area contributed by atoms with Crippen LogP contribution in [0.3, 0.4) is 0 Å². The number of aromatic nitrogens is 1. The standard InChI is InChI=1S/C16H25N3O2S/c1-10(2)17-16(20)14-6-12-4-5-19(8-15(12)21-14)7-13-9-22-11(3)18-13/h9-10,12,14-15H,4-8H2,1-3H3,(H,17,20)/t12-,14-,15-/m1/s1. The van der Waals surface area contributed by atoms with Crippen LogP contribution in [-0.4, -0.2) is 47.1 Å². The minimum Gasteiger partial charge on any atom is -0.364 e. The molecule has 3 heterocycles. The van der Waals surface area contributed by atoms with Crippen LogP contribution in [0, 0.1) is 12.8 Å². The number of amides is 1. The van der Waals surface area contributed by atoms with Gasteiger partial charge in [-0.25, -0.2) is 4.98 Å². The number of hydrogen-bond donors (Lipinski definition) is 1. The molecule has 2 saturated heterocycles. The molecular formula is C16H25N3O2S. The number of piperidine rings is 1. The second-order valence-corrected chi connectivity index (χ2v) is 7.77. The molecule has 5 nitrogen and oxygen atoms in total. The van der Waals surface area contributed by atoms with Gasteiger partial charge in [0.1, 0.15) is 6.10 Å². The Kier molecular flexibility index (Phi) is 4.80. The van der Waals surface area contributed by atoms with Gasteiger partial charge in [0.2, 0.25) is 5.91 Å². The molecule has 1 N–H and O–H groups in total. The van der Waals surface area contributed by atoms with Crippen LogP contribution >= 0.6 is 11.3 Å². The highest BCUT2D eigenvalue weighted by molar-refractivity contribution is 7.09. The summed E-state index contributed by atoms with van der Waals surface area (Å²) in [6, 6.07) is 0.170. The Labute approximate surface area is 136 Å². The zero-order valence-corrected chi connectivity index (χ0v) is 14.4. The van der Waals surface area contributed by atoms with Gasteiger partial charge < -0.3 is 10.1 Å². The highest BCUT2D eigenvalue weighted by atomic mass is 32.1. The van der Waals surface area contributed by atoms with Gasteiger partial charge in [0.25, 0.3) is 0 Å². The van der Waals surface area contributed by atoms with E-state index in [9.17, 15) is 4.79 Å². The lowest BCUT2D eigenvalue weighted by Gasteiger charge is -2.33. The normalized spacial score (nSPS) is 28.8. The van der Waals surface area contributed by atoms with E-state index in [1.807, 2.05) is 20.8 Å². The summed E-state index contributed by atoms with van der Waals surface area (Å²) in [5.41, 5.74) is 1.15. The van der Waals surface area contributed by atoms with Crippen molar-refractivity contribution < 1.29 is 9.53 Å². The number of nitrogens with one attached hydrogen (secondary N) is 1. The van der Waals surface area contributed by atoms with Crippen molar-refractivity contribution in [3.05, 3.63) is 16.1 Å². The molecule has 6 heteroatoms. The quantitative estimate of drug-likeness (QED) is 0.920. The van der Waals surface area contributed by atoms with Crippen LogP contribution in [0.25, 0.3) is 0 Å². The van der Waals surface area contributed by atoms with Crippen molar-refractivity contribution >= 4 is 17.2 Å². The van der Waals surface area contributed by atoms with E-state index in [0.717, 1.165) is 43.2 Å². The average molecular weight is 323 g/mol. The van der Waals surface area contributed by atoms with E-state index < -0.39 is 0 Å². The monoisotopic (exact) mass is 323 g/mol. The Morgan fingerprint density at radius 3 is 3.09 bits per heavy atom. The van der Waals surface area contributed by atoms with Crippen LogP contribution in [-0.2, 0) is 16.1 Å². The first-order chi connectivity index (χ1) is 10.5. The van der Waals surface area contributed by atoms with E-state index in [2.05, 4.69) is 20.6 Å². The van der Waals surface area contributed by atoms with Gasteiger partial charge in [0, 0.05) is 24.5 Å². The summed E-state index contributed by atoms with van der Waals surface area (Å²) in [6.45, 7) is 8.87. The van der Waals surface area contributed by atoms with E-state index in [1.165, 1.54) is 0 Å².